The molecular weight excluding hydrogens is 257 g/mol. The van der Waals surface area contributed by atoms with Gasteiger partial charge in [-0.1, -0.05) is 6.92 Å². The van der Waals surface area contributed by atoms with E-state index in [1.807, 2.05) is 13.8 Å². The molecule has 0 amide bonds. The van der Waals surface area contributed by atoms with Gasteiger partial charge >= 0.3 is 0 Å². The molecule has 4 heteroatoms. The van der Waals surface area contributed by atoms with E-state index < -0.39 is 0 Å². The van der Waals surface area contributed by atoms with Crippen LogP contribution in [0.5, 0.6) is 5.75 Å². The highest BCUT2D eigenvalue weighted by Crippen LogP contribution is 2.32. The van der Waals surface area contributed by atoms with Crippen molar-refractivity contribution < 1.29 is 14.2 Å². The molecule has 1 fully saturated rings. The maximum absolute atomic E-state index is 13.1. The van der Waals surface area contributed by atoms with Gasteiger partial charge in [-0.25, -0.2) is 4.39 Å². The molecule has 0 saturated heterocycles. The first-order chi connectivity index (χ1) is 9.58. The molecule has 0 bridgehead atoms. The molecule has 20 heavy (non-hydrogen) atoms. The van der Waals surface area contributed by atoms with Crippen molar-refractivity contribution in [2.24, 2.45) is 0 Å². The third-order valence-electron chi connectivity index (χ3n) is 4.08. The van der Waals surface area contributed by atoms with Crippen LogP contribution in [0.2, 0.25) is 0 Å². The summed E-state index contributed by atoms with van der Waals surface area (Å²) in [5, 5.41) is 13.1. The molecular formula is C16H24FNO2. The molecule has 0 aliphatic heterocycles. The van der Waals surface area contributed by atoms with E-state index >= 15 is 0 Å². The minimum absolute atomic E-state index is 0.0686. The molecule has 2 rings (SSSR count). The van der Waals surface area contributed by atoms with Crippen LogP contribution in [0.4, 0.5) is 4.39 Å². The monoisotopic (exact) mass is 281 g/mol. The summed E-state index contributed by atoms with van der Waals surface area (Å²) >= 11 is 0. The second kappa shape index (κ2) is 6.55. The SMILES string of the molecule is CCNC1(CO)CCCC(Oc2ccc(F)cc2C)C1. The number of aliphatic hydroxyl groups is 1. The lowest BCUT2D eigenvalue weighted by molar-refractivity contribution is 0.0516. The number of ether oxygens (including phenoxy) is 1. The first kappa shape index (κ1) is 15.3. The lowest BCUT2D eigenvalue weighted by atomic mass is 9.80. The summed E-state index contributed by atoms with van der Waals surface area (Å²) in [4.78, 5) is 0. The smallest absolute Gasteiger partial charge is 0.123 e. The fourth-order valence-corrected chi connectivity index (χ4v) is 3.07. The van der Waals surface area contributed by atoms with E-state index in [1.54, 1.807) is 6.07 Å². The maximum atomic E-state index is 13.1. The van der Waals surface area contributed by atoms with Crippen molar-refractivity contribution in [2.75, 3.05) is 13.2 Å². The Morgan fingerprint density at radius 3 is 2.95 bits per heavy atom. The van der Waals surface area contributed by atoms with Gasteiger partial charge in [0, 0.05) is 12.0 Å². The molecule has 1 aromatic rings. The van der Waals surface area contributed by atoms with Gasteiger partial charge in [-0.2, -0.15) is 0 Å². The second-order valence-electron chi connectivity index (χ2n) is 5.71. The minimum Gasteiger partial charge on any atom is -0.490 e. The van der Waals surface area contributed by atoms with E-state index in [0.29, 0.717) is 0 Å². The van der Waals surface area contributed by atoms with Crippen molar-refractivity contribution in [3.8, 4) is 5.75 Å². The second-order valence-corrected chi connectivity index (χ2v) is 5.71. The van der Waals surface area contributed by atoms with Gasteiger partial charge in [0.1, 0.15) is 17.7 Å². The number of nitrogens with one attached hydrogen (secondary N) is 1. The summed E-state index contributed by atoms with van der Waals surface area (Å²) in [7, 11) is 0. The first-order valence-corrected chi connectivity index (χ1v) is 7.37. The molecule has 3 nitrogen and oxygen atoms in total. The Kier molecular flexibility index (Phi) is 5.00. The number of benzene rings is 1. The Morgan fingerprint density at radius 2 is 2.30 bits per heavy atom. The molecule has 2 N–H and O–H groups in total. The van der Waals surface area contributed by atoms with Crippen LogP contribution in [0.1, 0.15) is 38.2 Å². The van der Waals surface area contributed by atoms with E-state index in [1.165, 1.54) is 12.1 Å². The average Bonchev–Trinajstić information content (AvgIpc) is 2.43. The van der Waals surface area contributed by atoms with E-state index in [9.17, 15) is 9.50 Å². The van der Waals surface area contributed by atoms with Crippen molar-refractivity contribution in [1.29, 1.82) is 0 Å². The standard InChI is InChI=1S/C16H24FNO2/c1-3-18-16(11-19)8-4-5-14(10-16)20-15-7-6-13(17)9-12(15)2/h6-7,9,14,18-19H,3-5,8,10-11H2,1-2H3. The van der Waals surface area contributed by atoms with E-state index in [0.717, 1.165) is 43.5 Å². The van der Waals surface area contributed by atoms with E-state index in [2.05, 4.69) is 5.32 Å². The highest BCUT2D eigenvalue weighted by atomic mass is 19.1. The summed E-state index contributed by atoms with van der Waals surface area (Å²) in [6, 6.07) is 4.60. The summed E-state index contributed by atoms with van der Waals surface area (Å²) in [5.74, 6) is 0.498. The third-order valence-corrected chi connectivity index (χ3v) is 4.08. The fourth-order valence-electron chi connectivity index (χ4n) is 3.07. The van der Waals surface area contributed by atoms with Gasteiger partial charge in [0.25, 0.3) is 0 Å². The topological polar surface area (TPSA) is 41.5 Å². The third kappa shape index (κ3) is 3.49. The fraction of sp³-hybridized carbons (Fsp3) is 0.625. The molecule has 1 aliphatic carbocycles. The van der Waals surface area contributed by atoms with Gasteiger partial charge in [0.05, 0.1) is 6.61 Å². The predicted molar refractivity (Wildman–Crippen MR) is 77.5 cm³/mol. The minimum atomic E-state index is -0.240. The number of aryl methyl sites for hydroxylation is 1. The number of rotatable bonds is 5. The number of aliphatic hydroxyl groups excluding tert-OH is 1. The average molecular weight is 281 g/mol. The van der Waals surface area contributed by atoms with Crippen molar-refractivity contribution in [3.05, 3.63) is 29.6 Å². The van der Waals surface area contributed by atoms with E-state index in [4.69, 9.17) is 4.74 Å². The lowest BCUT2D eigenvalue weighted by Crippen LogP contribution is -2.53. The van der Waals surface area contributed by atoms with Crippen LogP contribution in [-0.2, 0) is 0 Å². The predicted octanol–water partition coefficient (Wildman–Crippen LogP) is 2.80. The van der Waals surface area contributed by atoms with Gasteiger partial charge in [-0.3, -0.25) is 0 Å². The Labute approximate surface area is 120 Å². The Morgan fingerprint density at radius 1 is 1.50 bits per heavy atom. The Balaban J connectivity index is 2.05. The van der Waals surface area contributed by atoms with Gasteiger partial charge in [0.2, 0.25) is 0 Å². The van der Waals surface area contributed by atoms with Crippen LogP contribution in [0.3, 0.4) is 0 Å². The molecule has 2 unspecified atom stereocenters. The maximum Gasteiger partial charge on any atom is 0.123 e. The van der Waals surface area contributed by atoms with Crippen molar-refractivity contribution in [2.45, 2.75) is 51.2 Å². The quantitative estimate of drug-likeness (QED) is 0.872. The molecule has 0 radical (unpaired) electrons. The summed E-state index contributed by atoms with van der Waals surface area (Å²) in [6.45, 7) is 4.86. The zero-order chi connectivity index (χ0) is 14.6. The molecule has 1 aromatic carbocycles. The van der Waals surface area contributed by atoms with Gasteiger partial charge in [-0.05, 0) is 56.5 Å². The summed E-state index contributed by atoms with van der Waals surface area (Å²) in [6.07, 6.45) is 3.83. The summed E-state index contributed by atoms with van der Waals surface area (Å²) in [5.41, 5.74) is 0.583. The van der Waals surface area contributed by atoms with Gasteiger partial charge < -0.3 is 15.2 Å². The first-order valence-electron chi connectivity index (χ1n) is 7.37. The van der Waals surface area contributed by atoms with Crippen molar-refractivity contribution in [1.82, 2.24) is 5.32 Å². The molecule has 2 atom stereocenters. The largest absolute Gasteiger partial charge is 0.490 e. The lowest BCUT2D eigenvalue weighted by Gasteiger charge is -2.40. The number of likely N-dealkylation sites (N-methyl/N-ethyl adjacent to an activating group) is 1. The Hall–Kier alpha value is -1.13. The van der Waals surface area contributed by atoms with Crippen LogP contribution >= 0.6 is 0 Å². The molecule has 1 saturated carbocycles. The summed E-state index contributed by atoms with van der Waals surface area (Å²) < 4.78 is 19.1. The van der Waals surface area contributed by atoms with Crippen LogP contribution in [0.15, 0.2) is 18.2 Å². The van der Waals surface area contributed by atoms with Gasteiger partial charge in [-0.15, -0.1) is 0 Å². The van der Waals surface area contributed by atoms with Crippen molar-refractivity contribution >= 4 is 0 Å². The number of halogens is 1. The zero-order valence-corrected chi connectivity index (χ0v) is 12.3. The van der Waals surface area contributed by atoms with Crippen molar-refractivity contribution in [3.63, 3.8) is 0 Å². The molecule has 1 aliphatic rings. The molecule has 112 valence electrons. The zero-order valence-electron chi connectivity index (χ0n) is 12.3. The van der Waals surface area contributed by atoms with Crippen LogP contribution in [0, 0.1) is 12.7 Å². The molecule has 0 heterocycles. The highest BCUT2D eigenvalue weighted by molar-refractivity contribution is 5.32. The van der Waals surface area contributed by atoms with Crippen LogP contribution in [0.25, 0.3) is 0 Å². The normalized spacial score (nSPS) is 26.5. The number of hydrogen-bond donors (Lipinski definition) is 2. The van der Waals surface area contributed by atoms with Gasteiger partial charge in [0.15, 0.2) is 0 Å². The van der Waals surface area contributed by atoms with Crippen LogP contribution < -0.4 is 10.1 Å². The highest BCUT2D eigenvalue weighted by Gasteiger charge is 2.36. The number of hydrogen-bond acceptors (Lipinski definition) is 3. The molecule has 0 spiro atoms. The van der Waals surface area contributed by atoms with Crippen LogP contribution in [-0.4, -0.2) is 29.9 Å². The van der Waals surface area contributed by atoms with E-state index in [-0.39, 0.29) is 24.1 Å². The Bertz CT molecular complexity index is 448. The molecule has 0 aromatic heterocycles.